The first-order valence-electron chi connectivity index (χ1n) is 7.12. The maximum Gasteiger partial charge on any atom is 0.133 e. The summed E-state index contributed by atoms with van der Waals surface area (Å²) in [5.41, 5.74) is 3.18. The SMILES string of the molecule is Oc1ccc(CNc2ccc(N3CCOCC3)cc2)nc1. The Morgan fingerprint density at radius 2 is 1.86 bits per heavy atom. The zero-order chi connectivity index (χ0) is 14.5. The van der Waals surface area contributed by atoms with Crippen molar-refractivity contribution >= 4 is 11.4 Å². The number of hydrogen-bond donors (Lipinski definition) is 2. The summed E-state index contributed by atoms with van der Waals surface area (Å²) in [5.74, 6) is 0.189. The maximum absolute atomic E-state index is 9.20. The number of ether oxygens (including phenoxy) is 1. The van der Waals surface area contributed by atoms with Gasteiger partial charge < -0.3 is 20.1 Å². The first-order valence-corrected chi connectivity index (χ1v) is 7.12. The number of aromatic nitrogens is 1. The van der Waals surface area contributed by atoms with E-state index in [2.05, 4.69) is 39.5 Å². The van der Waals surface area contributed by atoms with Gasteiger partial charge in [0.1, 0.15) is 5.75 Å². The maximum atomic E-state index is 9.20. The Hall–Kier alpha value is -2.27. The van der Waals surface area contributed by atoms with Crippen molar-refractivity contribution < 1.29 is 9.84 Å². The van der Waals surface area contributed by atoms with Gasteiger partial charge in [-0.3, -0.25) is 4.98 Å². The van der Waals surface area contributed by atoms with Gasteiger partial charge in [0.05, 0.1) is 31.6 Å². The van der Waals surface area contributed by atoms with Gasteiger partial charge in [-0.15, -0.1) is 0 Å². The van der Waals surface area contributed by atoms with Gasteiger partial charge in [0, 0.05) is 24.5 Å². The van der Waals surface area contributed by atoms with E-state index in [-0.39, 0.29) is 5.75 Å². The van der Waals surface area contributed by atoms with E-state index in [1.165, 1.54) is 11.9 Å². The van der Waals surface area contributed by atoms with Crippen LogP contribution in [0.1, 0.15) is 5.69 Å². The van der Waals surface area contributed by atoms with Gasteiger partial charge in [0.2, 0.25) is 0 Å². The minimum absolute atomic E-state index is 0.189. The highest BCUT2D eigenvalue weighted by Crippen LogP contribution is 2.19. The van der Waals surface area contributed by atoms with Crippen molar-refractivity contribution in [1.29, 1.82) is 0 Å². The summed E-state index contributed by atoms with van der Waals surface area (Å²) >= 11 is 0. The second kappa shape index (κ2) is 6.45. The molecule has 0 amide bonds. The van der Waals surface area contributed by atoms with Crippen LogP contribution in [-0.4, -0.2) is 36.4 Å². The van der Waals surface area contributed by atoms with E-state index in [0.29, 0.717) is 6.54 Å². The number of aromatic hydroxyl groups is 1. The number of nitrogens with one attached hydrogen (secondary N) is 1. The Morgan fingerprint density at radius 3 is 2.52 bits per heavy atom. The Labute approximate surface area is 124 Å². The van der Waals surface area contributed by atoms with Crippen molar-refractivity contribution in [1.82, 2.24) is 4.98 Å². The molecule has 0 aliphatic carbocycles. The molecule has 0 saturated carbocycles. The smallest absolute Gasteiger partial charge is 0.133 e. The summed E-state index contributed by atoms with van der Waals surface area (Å²) in [7, 11) is 0. The van der Waals surface area contributed by atoms with Crippen molar-refractivity contribution in [3.05, 3.63) is 48.3 Å². The molecule has 3 rings (SSSR count). The van der Waals surface area contributed by atoms with E-state index < -0.39 is 0 Å². The van der Waals surface area contributed by atoms with Gasteiger partial charge in [-0.05, 0) is 36.4 Å². The first kappa shape index (κ1) is 13.7. The van der Waals surface area contributed by atoms with E-state index >= 15 is 0 Å². The zero-order valence-electron chi connectivity index (χ0n) is 11.8. The molecule has 2 aromatic rings. The summed E-state index contributed by atoms with van der Waals surface area (Å²) < 4.78 is 5.36. The summed E-state index contributed by atoms with van der Waals surface area (Å²) in [6.07, 6.45) is 1.46. The zero-order valence-corrected chi connectivity index (χ0v) is 11.8. The number of hydrogen-bond acceptors (Lipinski definition) is 5. The molecule has 0 spiro atoms. The molecule has 1 aliphatic heterocycles. The van der Waals surface area contributed by atoms with Crippen LogP contribution >= 0.6 is 0 Å². The Bertz CT molecular complexity index is 563. The third-order valence-corrected chi connectivity index (χ3v) is 3.53. The highest BCUT2D eigenvalue weighted by atomic mass is 16.5. The van der Waals surface area contributed by atoms with Crippen LogP contribution in [0.3, 0.4) is 0 Å². The topological polar surface area (TPSA) is 57.6 Å². The monoisotopic (exact) mass is 285 g/mol. The Balaban J connectivity index is 1.57. The Kier molecular flexibility index (Phi) is 4.21. The molecular formula is C16H19N3O2. The number of anilines is 2. The third-order valence-electron chi connectivity index (χ3n) is 3.53. The lowest BCUT2D eigenvalue weighted by molar-refractivity contribution is 0.122. The van der Waals surface area contributed by atoms with Crippen molar-refractivity contribution in [3.63, 3.8) is 0 Å². The second-order valence-corrected chi connectivity index (χ2v) is 5.01. The molecule has 0 radical (unpaired) electrons. The van der Waals surface area contributed by atoms with Crippen LogP contribution in [0.25, 0.3) is 0 Å². The predicted molar refractivity (Wildman–Crippen MR) is 82.7 cm³/mol. The fraction of sp³-hybridized carbons (Fsp3) is 0.312. The fourth-order valence-corrected chi connectivity index (χ4v) is 2.33. The van der Waals surface area contributed by atoms with Crippen LogP contribution in [0.2, 0.25) is 0 Å². The normalized spacial score (nSPS) is 15.0. The van der Waals surface area contributed by atoms with Gasteiger partial charge in [0.25, 0.3) is 0 Å². The van der Waals surface area contributed by atoms with E-state index in [0.717, 1.165) is 37.7 Å². The number of morpholine rings is 1. The van der Waals surface area contributed by atoms with Crippen molar-refractivity contribution in [3.8, 4) is 5.75 Å². The highest BCUT2D eigenvalue weighted by Gasteiger charge is 2.10. The molecule has 2 N–H and O–H groups in total. The predicted octanol–water partition coefficient (Wildman–Crippen LogP) is 2.24. The molecule has 0 unspecified atom stereocenters. The second-order valence-electron chi connectivity index (χ2n) is 5.01. The third kappa shape index (κ3) is 3.64. The summed E-state index contributed by atoms with van der Waals surface area (Å²) in [6, 6.07) is 11.8. The lowest BCUT2D eigenvalue weighted by atomic mass is 10.2. The summed E-state index contributed by atoms with van der Waals surface area (Å²) in [4.78, 5) is 6.48. The summed E-state index contributed by atoms with van der Waals surface area (Å²) in [5, 5.41) is 12.5. The van der Waals surface area contributed by atoms with Gasteiger partial charge >= 0.3 is 0 Å². The first-order chi connectivity index (χ1) is 10.3. The van der Waals surface area contributed by atoms with Crippen molar-refractivity contribution in [2.24, 2.45) is 0 Å². The van der Waals surface area contributed by atoms with Crippen LogP contribution < -0.4 is 10.2 Å². The van der Waals surface area contributed by atoms with Crippen LogP contribution in [0.5, 0.6) is 5.75 Å². The van der Waals surface area contributed by atoms with Crippen LogP contribution in [0.4, 0.5) is 11.4 Å². The van der Waals surface area contributed by atoms with Gasteiger partial charge in [0.15, 0.2) is 0 Å². The largest absolute Gasteiger partial charge is 0.506 e. The van der Waals surface area contributed by atoms with Gasteiger partial charge in [-0.2, -0.15) is 0 Å². The van der Waals surface area contributed by atoms with Crippen molar-refractivity contribution in [2.45, 2.75) is 6.54 Å². The minimum Gasteiger partial charge on any atom is -0.506 e. The molecule has 1 saturated heterocycles. The molecule has 1 aromatic carbocycles. The molecule has 1 fully saturated rings. The number of nitrogens with zero attached hydrogens (tertiary/aromatic N) is 2. The number of pyridine rings is 1. The van der Waals surface area contributed by atoms with E-state index in [9.17, 15) is 5.11 Å². The highest BCUT2D eigenvalue weighted by molar-refractivity contribution is 5.55. The standard InChI is InChI=1S/C16H19N3O2/c20-16-6-3-14(18-12-16)11-17-13-1-4-15(5-2-13)19-7-9-21-10-8-19/h1-6,12,17,20H,7-11H2. The van der Waals surface area contributed by atoms with E-state index in [1.807, 2.05) is 6.07 Å². The van der Waals surface area contributed by atoms with E-state index in [4.69, 9.17) is 4.74 Å². The van der Waals surface area contributed by atoms with Crippen LogP contribution in [-0.2, 0) is 11.3 Å². The van der Waals surface area contributed by atoms with Crippen LogP contribution in [0.15, 0.2) is 42.6 Å². The van der Waals surface area contributed by atoms with E-state index in [1.54, 1.807) is 6.07 Å². The average Bonchev–Trinajstić information content (AvgIpc) is 2.56. The summed E-state index contributed by atoms with van der Waals surface area (Å²) in [6.45, 7) is 4.13. The molecule has 1 aliphatic rings. The quantitative estimate of drug-likeness (QED) is 0.902. The van der Waals surface area contributed by atoms with Gasteiger partial charge in [-0.1, -0.05) is 0 Å². The average molecular weight is 285 g/mol. The molecule has 21 heavy (non-hydrogen) atoms. The molecule has 0 atom stereocenters. The molecular weight excluding hydrogens is 266 g/mol. The number of benzene rings is 1. The minimum atomic E-state index is 0.189. The fourth-order valence-electron chi connectivity index (χ4n) is 2.33. The van der Waals surface area contributed by atoms with Crippen molar-refractivity contribution in [2.75, 3.05) is 36.5 Å². The molecule has 5 heteroatoms. The number of rotatable bonds is 4. The van der Waals surface area contributed by atoms with Gasteiger partial charge in [-0.25, -0.2) is 0 Å². The van der Waals surface area contributed by atoms with Crippen LogP contribution in [0, 0.1) is 0 Å². The lowest BCUT2D eigenvalue weighted by Crippen LogP contribution is -2.36. The molecule has 5 nitrogen and oxygen atoms in total. The molecule has 1 aromatic heterocycles. The molecule has 2 heterocycles. The lowest BCUT2D eigenvalue weighted by Gasteiger charge is -2.28. The Morgan fingerprint density at radius 1 is 1.10 bits per heavy atom. The molecule has 110 valence electrons. The molecule has 0 bridgehead atoms.